The van der Waals surface area contributed by atoms with Crippen molar-refractivity contribution < 1.29 is 14.3 Å². The monoisotopic (exact) mass is 364 g/mol. The molecule has 0 heterocycles. The molecule has 0 aliphatic carbocycles. The van der Waals surface area contributed by atoms with Crippen molar-refractivity contribution in [3.63, 3.8) is 0 Å². The third-order valence-corrected chi connectivity index (χ3v) is 4.05. The number of hydrogen-bond acceptors (Lipinski definition) is 4. The van der Waals surface area contributed by atoms with Gasteiger partial charge in [0.05, 0.1) is 13.7 Å². The summed E-state index contributed by atoms with van der Waals surface area (Å²) in [7, 11) is 1.56. The molecule has 5 nitrogen and oxygen atoms in total. The maximum atomic E-state index is 12.6. The molecule has 5 heteroatoms. The summed E-state index contributed by atoms with van der Waals surface area (Å²) >= 11 is 0. The van der Waals surface area contributed by atoms with E-state index in [4.69, 9.17) is 9.47 Å². The lowest BCUT2D eigenvalue weighted by molar-refractivity contribution is -0.112. The Morgan fingerprint density at radius 3 is 2.48 bits per heavy atom. The van der Waals surface area contributed by atoms with E-state index in [1.807, 2.05) is 45.0 Å². The van der Waals surface area contributed by atoms with Crippen LogP contribution in [-0.2, 0) is 4.79 Å². The van der Waals surface area contributed by atoms with E-state index in [0.29, 0.717) is 23.7 Å². The zero-order valence-electron chi connectivity index (χ0n) is 16.1. The van der Waals surface area contributed by atoms with Crippen LogP contribution < -0.4 is 14.8 Å². The van der Waals surface area contributed by atoms with E-state index in [2.05, 4.69) is 5.32 Å². The molecule has 0 aromatic heterocycles. The molecule has 0 fully saturated rings. The molecule has 0 radical (unpaired) electrons. The smallest absolute Gasteiger partial charge is 0.266 e. The van der Waals surface area contributed by atoms with Crippen molar-refractivity contribution >= 4 is 17.7 Å². The first kappa shape index (κ1) is 20.1. The fourth-order valence-corrected chi connectivity index (χ4v) is 2.61. The number of anilines is 1. The van der Waals surface area contributed by atoms with Crippen molar-refractivity contribution in [1.82, 2.24) is 0 Å². The van der Waals surface area contributed by atoms with Crippen molar-refractivity contribution in [2.75, 3.05) is 19.0 Å². The second-order valence-corrected chi connectivity index (χ2v) is 6.15. The number of benzene rings is 2. The van der Waals surface area contributed by atoms with E-state index in [9.17, 15) is 10.1 Å². The normalized spacial score (nSPS) is 10.9. The van der Waals surface area contributed by atoms with E-state index in [1.165, 1.54) is 6.08 Å². The molecular weight excluding hydrogens is 340 g/mol. The van der Waals surface area contributed by atoms with Gasteiger partial charge in [0.2, 0.25) is 0 Å². The molecule has 2 rings (SSSR count). The number of nitriles is 1. The van der Waals surface area contributed by atoms with Gasteiger partial charge in [-0.3, -0.25) is 4.79 Å². The van der Waals surface area contributed by atoms with Crippen molar-refractivity contribution in [2.45, 2.75) is 27.2 Å². The van der Waals surface area contributed by atoms with Gasteiger partial charge in [-0.15, -0.1) is 0 Å². The van der Waals surface area contributed by atoms with Crippen molar-refractivity contribution in [2.24, 2.45) is 0 Å². The van der Waals surface area contributed by atoms with Gasteiger partial charge in [-0.05, 0) is 55.2 Å². The van der Waals surface area contributed by atoms with E-state index in [0.717, 1.165) is 23.2 Å². The van der Waals surface area contributed by atoms with Crippen LogP contribution in [0, 0.1) is 25.2 Å². The van der Waals surface area contributed by atoms with Gasteiger partial charge in [0, 0.05) is 5.69 Å². The number of carbonyl (C=O) groups is 1. The number of ether oxygens (including phenoxy) is 2. The molecule has 1 amide bonds. The van der Waals surface area contributed by atoms with Gasteiger partial charge in [-0.25, -0.2) is 0 Å². The molecule has 0 atom stereocenters. The highest BCUT2D eigenvalue weighted by Gasteiger charge is 2.13. The lowest BCUT2D eigenvalue weighted by Gasteiger charge is -2.12. The molecule has 0 spiro atoms. The van der Waals surface area contributed by atoms with Crippen LogP contribution in [0.1, 0.15) is 30.0 Å². The minimum Gasteiger partial charge on any atom is -0.493 e. The first-order valence-corrected chi connectivity index (χ1v) is 8.80. The lowest BCUT2D eigenvalue weighted by Crippen LogP contribution is -2.15. The zero-order chi connectivity index (χ0) is 19.8. The first-order valence-electron chi connectivity index (χ1n) is 8.80. The SMILES string of the molecule is CCCOc1ccc(/C=C(\C#N)C(=O)Nc2c(C)cccc2C)cc1OC. The summed E-state index contributed by atoms with van der Waals surface area (Å²) in [6.07, 6.45) is 2.43. The molecule has 0 unspecified atom stereocenters. The van der Waals surface area contributed by atoms with Crippen molar-refractivity contribution in [3.8, 4) is 17.6 Å². The largest absolute Gasteiger partial charge is 0.493 e. The average molecular weight is 364 g/mol. The molecule has 2 aromatic carbocycles. The van der Waals surface area contributed by atoms with E-state index in [-0.39, 0.29) is 5.57 Å². The third kappa shape index (κ3) is 5.11. The Morgan fingerprint density at radius 2 is 1.89 bits per heavy atom. The first-order chi connectivity index (χ1) is 13.0. The van der Waals surface area contributed by atoms with Crippen LogP contribution >= 0.6 is 0 Å². The van der Waals surface area contributed by atoms with Crippen LogP contribution in [0.15, 0.2) is 42.0 Å². The summed E-state index contributed by atoms with van der Waals surface area (Å²) in [5, 5.41) is 12.3. The molecule has 2 aromatic rings. The van der Waals surface area contributed by atoms with Gasteiger partial charge >= 0.3 is 0 Å². The number of amides is 1. The Morgan fingerprint density at radius 1 is 1.19 bits per heavy atom. The molecule has 0 saturated carbocycles. The Labute approximate surface area is 160 Å². The lowest BCUT2D eigenvalue weighted by atomic mass is 10.1. The van der Waals surface area contributed by atoms with Crippen LogP contribution in [0.5, 0.6) is 11.5 Å². The van der Waals surface area contributed by atoms with E-state index < -0.39 is 5.91 Å². The van der Waals surface area contributed by atoms with E-state index in [1.54, 1.807) is 25.3 Å². The standard InChI is InChI=1S/C22H24N2O3/c1-5-11-27-19-10-9-17(13-20(19)26-4)12-18(14-23)22(25)24-21-15(2)7-6-8-16(21)3/h6-10,12-13H,5,11H2,1-4H3,(H,24,25)/b18-12+. The summed E-state index contributed by atoms with van der Waals surface area (Å²) in [4.78, 5) is 12.6. The van der Waals surface area contributed by atoms with Gasteiger partial charge in [-0.2, -0.15) is 5.26 Å². The molecule has 0 aliphatic rings. The van der Waals surface area contributed by atoms with Crippen LogP contribution in [0.2, 0.25) is 0 Å². The molecule has 140 valence electrons. The van der Waals surface area contributed by atoms with Crippen LogP contribution in [0.4, 0.5) is 5.69 Å². The fraction of sp³-hybridized carbons (Fsp3) is 0.273. The number of nitrogens with zero attached hydrogens (tertiary/aromatic N) is 1. The highest BCUT2D eigenvalue weighted by atomic mass is 16.5. The summed E-state index contributed by atoms with van der Waals surface area (Å²) in [5.41, 5.74) is 3.31. The summed E-state index contributed by atoms with van der Waals surface area (Å²) in [6, 6.07) is 13.0. The van der Waals surface area contributed by atoms with Crippen molar-refractivity contribution in [3.05, 3.63) is 58.7 Å². The maximum absolute atomic E-state index is 12.6. The molecule has 0 bridgehead atoms. The molecule has 27 heavy (non-hydrogen) atoms. The highest BCUT2D eigenvalue weighted by Crippen LogP contribution is 2.29. The van der Waals surface area contributed by atoms with Crippen LogP contribution in [0.3, 0.4) is 0 Å². The van der Waals surface area contributed by atoms with E-state index >= 15 is 0 Å². The Kier molecular flexibility index (Phi) is 7.01. The second kappa shape index (κ2) is 9.44. The number of rotatable bonds is 7. The summed E-state index contributed by atoms with van der Waals surface area (Å²) < 4.78 is 11.0. The second-order valence-electron chi connectivity index (χ2n) is 6.15. The molecule has 0 saturated heterocycles. The minimum atomic E-state index is -0.444. The number of nitrogens with one attached hydrogen (secondary N) is 1. The zero-order valence-corrected chi connectivity index (χ0v) is 16.1. The predicted octanol–water partition coefficient (Wildman–Crippen LogP) is 4.65. The van der Waals surface area contributed by atoms with Gasteiger partial charge < -0.3 is 14.8 Å². The quantitative estimate of drug-likeness (QED) is 0.573. The number of methoxy groups -OCH3 is 1. The van der Waals surface area contributed by atoms with Gasteiger partial charge in [-0.1, -0.05) is 31.2 Å². The fourth-order valence-electron chi connectivity index (χ4n) is 2.61. The van der Waals surface area contributed by atoms with Crippen LogP contribution in [0.25, 0.3) is 6.08 Å². The number of carbonyl (C=O) groups excluding carboxylic acids is 1. The predicted molar refractivity (Wildman–Crippen MR) is 107 cm³/mol. The number of aryl methyl sites for hydroxylation is 2. The Balaban J connectivity index is 2.27. The van der Waals surface area contributed by atoms with Gasteiger partial charge in [0.25, 0.3) is 5.91 Å². The summed E-state index contributed by atoms with van der Waals surface area (Å²) in [5.74, 6) is 0.750. The Hall–Kier alpha value is -3.26. The van der Waals surface area contributed by atoms with Crippen molar-refractivity contribution in [1.29, 1.82) is 5.26 Å². The van der Waals surface area contributed by atoms with Gasteiger partial charge in [0.1, 0.15) is 11.6 Å². The average Bonchev–Trinajstić information content (AvgIpc) is 2.67. The number of para-hydroxylation sites is 1. The molecule has 0 aliphatic heterocycles. The van der Waals surface area contributed by atoms with Gasteiger partial charge in [0.15, 0.2) is 11.5 Å². The summed E-state index contributed by atoms with van der Waals surface area (Å²) in [6.45, 7) is 6.45. The number of hydrogen-bond donors (Lipinski definition) is 1. The Bertz CT molecular complexity index is 875. The maximum Gasteiger partial charge on any atom is 0.266 e. The molecular formula is C22H24N2O3. The topological polar surface area (TPSA) is 71.3 Å². The highest BCUT2D eigenvalue weighted by molar-refractivity contribution is 6.10. The van der Waals surface area contributed by atoms with Crippen LogP contribution in [-0.4, -0.2) is 19.6 Å². The minimum absolute atomic E-state index is 0.0157. The third-order valence-electron chi connectivity index (χ3n) is 4.05. The molecule has 1 N–H and O–H groups in total.